The van der Waals surface area contributed by atoms with Crippen molar-refractivity contribution in [2.45, 2.75) is 50.5 Å². The highest BCUT2D eigenvalue weighted by molar-refractivity contribution is 7.90. The second kappa shape index (κ2) is 10.4. The number of halogens is 2. The fourth-order valence-corrected chi connectivity index (χ4v) is 8.54. The topological polar surface area (TPSA) is 109 Å². The van der Waals surface area contributed by atoms with E-state index in [9.17, 15) is 17.6 Å². The van der Waals surface area contributed by atoms with Crippen molar-refractivity contribution < 1.29 is 22.3 Å². The number of ether oxygens (including phenoxy) is 1. The number of carbonyl (C=O) groups excluding carboxylic acids is 1. The average molecular weight is 622 g/mol. The third kappa shape index (κ3) is 4.51. The van der Waals surface area contributed by atoms with E-state index in [0.29, 0.717) is 28.2 Å². The fourth-order valence-electron chi connectivity index (χ4n) is 6.98. The molecule has 3 fully saturated rings. The molecule has 4 aromatic heterocycles. The number of aromatic nitrogens is 5. The Kier molecular flexibility index (Phi) is 6.77. The van der Waals surface area contributed by atoms with Gasteiger partial charge >= 0.3 is 5.97 Å². The van der Waals surface area contributed by atoms with Crippen LogP contribution in [0.1, 0.15) is 44.2 Å². The number of nitrogens with zero attached hydrogens (tertiary/aromatic N) is 5. The zero-order chi connectivity index (χ0) is 30.0. The van der Waals surface area contributed by atoms with Gasteiger partial charge in [-0.15, -0.1) is 0 Å². The number of rotatable bonds is 6. The quantitative estimate of drug-likeness (QED) is 0.204. The van der Waals surface area contributed by atoms with Gasteiger partial charge in [0.05, 0.1) is 40.1 Å². The fraction of sp³-hybridized carbons (Fsp3) is 0.355. The average Bonchev–Trinajstić information content (AvgIpc) is 3.55. The molecule has 0 amide bonds. The summed E-state index contributed by atoms with van der Waals surface area (Å²) >= 11 is 6.68. The Labute approximate surface area is 252 Å². The first kappa shape index (κ1) is 28.0. The van der Waals surface area contributed by atoms with Gasteiger partial charge in [-0.25, -0.2) is 31.7 Å². The molecule has 0 spiro atoms. The molecular formula is C31H29ClFN5O4S. The third-order valence-electron chi connectivity index (χ3n) is 8.98. The van der Waals surface area contributed by atoms with E-state index in [4.69, 9.17) is 21.3 Å². The van der Waals surface area contributed by atoms with Crippen LogP contribution in [0, 0.1) is 30.5 Å². The lowest BCUT2D eigenvalue weighted by atomic mass is 9.61. The van der Waals surface area contributed by atoms with Gasteiger partial charge in [0, 0.05) is 29.5 Å². The molecule has 2 bridgehead atoms. The van der Waals surface area contributed by atoms with Gasteiger partial charge in [0.15, 0.2) is 11.5 Å². The molecule has 4 heterocycles. The van der Waals surface area contributed by atoms with Gasteiger partial charge in [-0.3, -0.25) is 4.79 Å². The first-order valence-corrected chi connectivity index (χ1v) is 16.2. The smallest absolute Gasteiger partial charge is 0.311 e. The van der Waals surface area contributed by atoms with Crippen LogP contribution >= 0.6 is 11.6 Å². The SMILES string of the molecule is CCOC(=O)[C@H]1C2CCC(CC2)[C@@H]1n1cc(Cl)c2cnc(-c3cn(S(=O)(=O)c4ccc(C)cc4)c4ncc(F)cc34)nc21. The van der Waals surface area contributed by atoms with Gasteiger partial charge in [-0.1, -0.05) is 29.3 Å². The van der Waals surface area contributed by atoms with Gasteiger partial charge in [-0.2, -0.15) is 0 Å². The van der Waals surface area contributed by atoms with Crippen LogP contribution in [0.5, 0.6) is 0 Å². The van der Waals surface area contributed by atoms with Gasteiger partial charge in [-0.05, 0) is 69.6 Å². The minimum atomic E-state index is -4.08. The molecule has 222 valence electrons. The monoisotopic (exact) mass is 621 g/mol. The third-order valence-corrected chi connectivity index (χ3v) is 10.9. The number of hydrogen-bond donors (Lipinski definition) is 0. The molecule has 8 rings (SSSR count). The van der Waals surface area contributed by atoms with Crippen LogP contribution in [-0.4, -0.2) is 44.5 Å². The lowest BCUT2D eigenvalue weighted by molar-refractivity contribution is -0.157. The maximum absolute atomic E-state index is 14.5. The van der Waals surface area contributed by atoms with Crippen LogP contribution in [0.4, 0.5) is 4.39 Å². The highest BCUT2D eigenvalue weighted by atomic mass is 35.5. The number of fused-ring (bicyclic) bond motifs is 5. The van der Waals surface area contributed by atoms with E-state index >= 15 is 0 Å². The zero-order valence-corrected chi connectivity index (χ0v) is 25.1. The highest BCUT2D eigenvalue weighted by Gasteiger charge is 2.49. The summed E-state index contributed by atoms with van der Waals surface area (Å²) in [5.74, 6) is -0.498. The van der Waals surface area contributed by atoms with Gasteiger partial charge in [0.2, 0.25) is 0 Å². The van der Waals surface area contributed by atoms with Crippen LogP contribution < -0.4 is 0 Å². The summed E-state index contributed by atoms with van der Waals surface area (Å²) in [6, 6.07) is 7.51. The van der Waals surface area contributed by atoms with Crippen molar-refractivity contribution in [3.63, 3.8) is 0 Å². The predicted molar refractivity (Wildman–Crippen MR) is 160 cm³/mol. The molecule has 1 aromatic carbocycles. The van der Waals surface area contributed by atoms with E-state index in [1.807, 2.05) is 18.4 Å². The number of pyridine rings is 1. The molecule has 0 aliphatic heterocycles. The summed E-state index contributed by atoms with van der Waals surface area (Å²) < 4.78 is 50.5. The normalized spacial score (nSPS) is 22.0. The Bertz CT molecular complexity index is 2000. The Morgan fingerprint density at radius 3 is 2.47 bits per heavy atom. The summed E-state index contributed by atoms with van der Waals surface area (Å²) in [6.07, 6.45) is 9.69. The van der Waals surface area contributed by atoms with Crippen molar-refractivity contribution in [2.75, 3.05) is 6.61 Å². The van der Waals surface area contributed by atoms with E-state index in [2.05, 4.69) is 9.97 Å². The van der Waals surface area contributed by atoms with E-state index in [1.165, 1.54) is 24.4 Å². The van der Waals surface area contributed by atoms with E-state index in [1.54, 1.807) is 24.5 Å². The Balaban J connectivity index is 1.40. The molecule has 5 aromatic rings. The number of carbonyl (C=O) groups is 1. The van der Waals surface area contributed by atoms with Crippen molar-refractivity contribution in [2.24, 2.45) is 17.8 Å². The summed E-state index contributed by atoms with van der Waals surface area (Å²) in [4.78, 5) is 26.8. The Hall–Kier alpha value is -3.83. The van der Waals surface area contributed by atoms with Crippen molar-refractivity contribution in [3.05, 3.63) is 71.5 Å². The van der Waals surface area contributed by atoms with E-state index in [-0.39, 0.29) is 51.5 Å². The second-order valence-corrected chi connectivity index (χ2v) is 13.7. The summed E-state index contributed by atoms with van der Waals surface area (Å²) in [5.41, 5.74) is 1.79. The second-order valence-electron chi connectivity index (χ2n) is 11.4. The standard InChI is InChI=1S/C31H29ClFN5O4S/c1-3-42-31(39)26-18-6-8-19(9-7-18)27(26)37-16-25(32)23-14-34-28(36-30(23)37)24-15-38(29-22(24)12-20(33)13-35-29)43(40,41)21-10-4-17(2)5-11-21/h4-5,10-16,18-19,26-27H,3,6-9H2,1-2H3/t18?,19?,26-,27-/m0/s1. The predicted octanol–water partition coefficient (Wildman–Crippen LogP) is 6.33. The molecule has 3 saturated carbocycles. The van der Waals surface area contributed by atoms with Gasteiger partial charge in [0.25, 0.3) is 10.0 Å². The number of esters is 1. The highest BCUT2D eigenvalue weighted by Crippen LogP contribution is 2.53. The minimum absolute atomic E-state index is 0.0565. The molecule has 9 nitrogen and oxygen atoms in total. The first-order valence-electron chi connectivity index (χ1n) is 14.4. The van der Waals surface area contributed by atoms with Crippen LogP contribution in [0.25, 0.3) is 33.5 Å². The summed E-state index contributed by atoms with van der Waals surface area (Å²) in [5, 5.41) is 1.30. The summed E-state index contributed by atoms with van der Waals surface area (Å²) in [7, 11) is -4.08. The maximum atomic E-state index is 14.5. The molecule has 43 heavy (non-hydrogen) atoms. The molecule has 3 aliphatic carbocycles. The molecule has 0 N–H and O–H groups in total. The van der Waals surface area contributed by atoms with Crippen molar-refractivity contribution in [1.29, 1.82) is 0 Å². The van der Waals surface area contributed by atoms with Crippen molar-refractivity contribution in [1.82, 2.24) is 23.5 Å². The van der Waals surface area contributed by atoms with Gasteiger partial charge in [0.1, 0.15) is 11.5 Å². The molecular weight excluding hydrogens is 593 g/mol. The molecule has 0 unspecified atom stereocenters. The Morgan fingerprint density at radius 1 is 1.02 bits per heavy atom. The molecule has 2 atom stereocenters. The van der Waals surface area contributed by atoms with Gasteiger partial charge < -0.3 is 9.30 Å². The molecule has 0 radical (unpaired) electrons. The first-order chi connectivity index (χ1) is 20.7. The number of hydrogen-bond acceptors (Lipinski definition) is 7. The molecule has 0 saturated heterocycles. The van der Waals surface area contributed by atoms with Crippen LogP contribution in [0.3, 0.4) is 0 Å². The number of aryl methyl sites for hydroxylation is 1. The minimum Gasteiger partial charge on any atom is -0.466 e. The van der Waals surface area contributed by atoms with Crippen molar-refractivity contribution >= 4 is 49.7 Å². The van der Waals surface area contributed by atoms with E-state index < -0.39 is 15.8 Å². The van der Waals surface area contributed by atoms with Crippen LogP contribution in [0.15, 0.2) is 60.0 Å². The zero-order valence-electron chi connectivity index (χ0n) is 23.6. The number of benzene rings is 1. The largest absolute Gasteiger partial charge is 0.466 e. The molecule has 12 heteroatoms. The lowest BCUT2D eigenvalue weighted by Gasteiger charge is -2.47. The van der Waals surface area contributed by atoms with Crippen LogP contribution in [-0.2, 0) is 19.6 Å². The lowest BCUT2D eigenvalue weighted by Crippen LogP contribution is -2.45. The maximum Gasteiger partial charge on any atom is 0.311 e. The van der Waals surface area contributed by atoms with Crippen molar-refractivity contribution in [3.8, 4) is 11.4 Å². The van der Waals surface area contributed by atoms with E-state index in [0.717, 1.165) is 41.4 Å². The Morgan fingerprint density at radius 2 is 1.74 bits per heavy atom. The van der Waals surface area contributed by atoms with Crippen LogP contribution in [0.2, 0.25) is 5.02 Å². The molecule has 3 aliphatic rings. The summed E-state index contributed by atoms with van der Waals surface area (Å²) in [6.45, 7) is 3.98.